The quantitative estimate of drug-likeness (QED) is 0.387. The molecule has 0 radical (unpaired) electrons. The first-order valence-electron chi connectivity index (χ1n) is 4.74. The first-order chi connectivity index (χ1) is 6.40. The molecule has 0 aromatic carbocycles. The zero-order valence-electron chi connectivity index (χ0n) is 9.02. The van der Waals surface area contributed by atoms with Gasteiger partial charge in [0.15, 0.2) is 0 Å². The Kier molecular flexibility index (Phi) is 5.12. The Hall–Kier alpha value is -1.13. The van der Waals surface area contributed by atoms with Gasteiger partial charge in [0.1, 0.15) is 5.92 Å². The largest absolute Gasteiger partial charge is 0.463 e. The highest BCUT2D eigenvalue weighted by atomic mass is 16.6. The highest BCUT2D eigenvalue weighted by Gasteiger charge is 2.33. The van der Waals surface area contributed by atoms with Gasteiger partial charge in [-0.1, -0.05) is 6.92 Å². The SMILES string of the molecule is CCC(C(C)C(=O)OC(C)C)[N+](=O)[O-]. The molecule has 0 aromatic rings. The molecule has 0 saturated heterocycles. The minimum absolute atomic E-state index is 0.228. The molecule has 2 unspecified atom stereocenters. The van der Waals surface area contributed by atoms with Crippen LogP contribution in [0.3, 0.4) is 0 Å². The summed E-state index contributed by atoms with van der Waals surface area (Å²) in [4.78, 5) is 21.5. The van der Waals surface area contributed by atoms with E-state index in [1.54, 1.807) is 20.8 Å². The average molecular weight is 203 g/mol. The molecule has 0 bridgehead atoms. The van der Waals surface area contributed by atoms with E-state index in [2.05, 4.69) is 0 Å². The molecule has 0 aromatic heterocycles. The van der Waals surface area contributed by atoms with Gasteiger partial charge in [0, 0.05) is 11.3 Å². The Morgan fingerprint density at radius 3 is 2.21 bits per heavy atom. The molecule has 5 nitrogen and oxygen atoms in total. The van der Waals surface area contributed by atoms with Crippen LogP contribution in [-0.2, 0) is 9.53 Å². The number of hydrogen-bond acceptors (Lipinski definition) is 4. The Morgan fingerprint density at radius 2 is 1.93 bits per heavy atom. The molecule has 0 aliphatic heterocycles. The van der Waals surface area contributed by atoms with Crippen molar-refractivity contribution >= 4 is 5.97 Å². The Labute approximate surface area is 83.6 Å². The van der Waals surface area contributed by atoms with E-state index in [1.807, 2.05) is 0 Å². The predicted octanol–water partition coefficient (Wildman–Crippen LogP) is 1.63. The Morgan fingerprint density at radius 1 is 1.43 bits per heavy atom. The summed E-state index contributed by atoms with van der Waals surface area (Å²) in [5, 5.41) is 10.6. The van der Waals surface area contributed by atoms with Crippen LogP contribution in [0, 0.1) is 16.0 Å². The number of nitrogens with zero attached hydrogens (tertiary/aromatic N) is 1. The first kappa shape index (κ1) is 12.9. The third-order valence-corrected chi connectivity index (χ3v) is 1.99. The van der Waals surface area contributed by atoms with Crippen LogP contribution in [0.25, 0.3) is 0 Å². The Bertz CT molecular complexity index is 215. The van der Waals surface area contributed by atoms with E-state index in [1.165, 1.54) is 6.92 Å². The van der Waals surface area contributed by atoms with Crippen molar-refractivity contribution in [3.63, 3.8) is 0 Å². The van der Waals surface area contributed by atoms with Gasteiger partial charge in [-0.15, -0.1) is 0 Å². The molecule has 0 spiro atoms. The van der Waals surface area contributed by atoms with Crippen LogP contribution in [0.5, 0.6) is 0 Å². The third-order valence-electron chi connectivity index (χ3n) is 1.99. The van der Waals surface area contributed by atoms with Crippen molar-refractivity contribution in [2.75, 3.05) is 0 Å². The van der Waals surface area contributed by atoms with E-state index in [4.69, 9.17) is 4.74 Å². The standard InChI is InChI=1S/C9H17NO4/c1-5-8(10(12)13)7(4)9(11)14-6(2)3/h6-8H,5H2,1-4H3. The van der Waals surface area contributed by atoms with E-state index < -0.39 is 22.9 Å². The molecule has 0 N–H and O–H groups in total. The fourth-order valence-corrected chi connectivity index (χ4v) is 1.18. The Balaban J connectivity index is 4.34. The summed E-state index contributed by atoms with van der Waals surface area (Å²) in [5.74, 6) is -1.18. The third kappa shape index (κ3) is 3.72. The van der Waals surface area contributed by atoms with Gasteiger partial charge in [-0.3, -0.25) is 14.9 Å². The second kappa shape index (κ2) is 5.57. The summed E-state index contributed by atoms with van der Waals surface area (Å²) in [6.07, 6.45) is 0.107. The van der Waals surface area contributed by atoms with Gasteiger partial charge < -0.3 is 4.74 Å². The van der Waals surface area contributed by atoms with Crippen molar-refractivity contribution in [2.45, 2.75) is 46.3 Å². The summed E-state index contributed by atoms with van der Waals surface area (Å²) in [6, 6.07) is -0.846. The van der Waals surface area contributed by atoms with Crippen LogP contribution in [0.15, 0.2) is 0 Å². The van der Waals surface area contributed by atoms with E-state index >= 15 is 0 Å². The van der Waals surface area contributed by atoms with Crippen molar-refractivity contribution < 1.29 is 14.5 Å². The smallest absolute Gasteiger partial charge is 0.315 e. The predicted molar refractivity (Wildman–Crippen MR) is 51.5 cm³/mol. The molecular formula is C9H17NO4. The number of rotatable bonds is 5. The highest BCUT2D eigenvalue weighted by Crippen LogP contribution is 2.13. The molecule has 82 valence electrons. The first-order valence-corrected chi connectivity index (χ1v) is 4.74. The monoisotopic (exact) mass is 203 g/mol. The number of nitro groups is 1. The number of ether oxygens (including phenoxy) is 1. The molecular weight excluding hydrogens is 186 g/mol. The fourth-order valence-electron chi connectivity index (χ4n) is 1.18. The molecule has 0 amide bonds. The van der Waals surface area contributed by atoms with Crippen LogP contribution in [0.1, 0.15) is 34.1 Å². The zero-order chi connectivity index (χ0) is 11.3. The fraction of sp³-hybridized carbons (Fsp3) is 0.889. The molecule has 0 aliphatic rings. The van der Waals surface area contributed by atoms with Gasteiger partial charge >= 0.3 is 5.97 Å². The van der Waals surface area contributed by atoms with Gasteiger partial charge in [0.05, 0.1) is 6.10 Å². The molecule has 14 heavy (non-hydrogen) atoms. The van der Waals surface area contributed by atoms with Crippen molar-refractivity contribution in [2.24, 2.45) is 5.92 Å². The second-order valence-electron chi connectivity index (χ2n) is 3.54. The van der Waals surface area contributed by atoms with Gasteiger partial charge in [-0.25, -0.2) is 0 Å². The number of hydrogen-bond donors (Lipinski definition) is 0. The molecule has 0 saturated carbocycles. The van der Waals surface area contributed by atoms with Gasteiger partial charge in [-0.05, 0) is 20.8 Å². The van der Waals surface area contributed by atoms with E-state index in [-0.39, 0.29) is 6.10 Å². The average Bonchev–Trinajstić information content (AvgIpc) is 2.03. The van der Waals surface area contributed by atoms with Gasteiger partial charge in [0.25, 0.3) is 0 Å². The summed E-state index contributed by atoms with van der Waals surface area (Å²) >= 11 is 0. The lowest BCUT2D eigenvalue weighted by Gasteiger charge is -2.16. The lowest BCUT2D eigenvalue weighted by molar-refractivity contribution is -0.529. The van der Waals surface area contributed by atoms with Crippen molar-refractivity contribution in [1.29, 1.82) is 0 Å². The molecule has 0 heterocycles. The lowest BCUT2D eigenvalue weighted by Crippen LogP contribution is -2.34. The van der Waals surface area contributed by atoms with Crippen LogP contribution < -0.4 is 0 Å². The maximum absolute atomic E-state index is 11.3. The minimum atomic E-state index is -0.846. The minimum Gasteiger partial charge on any atom is -0.463 e. The molecule has 0 aliphatic carbocycles. The molecule has 2 atom stereocenters. The molecule has 0 rings (SSSR count). The number of carbonyl (C=O) groups is 1. The summed E-state index contributed by atoms with van der Waals surface area (Å²) in [5.41, 5.74) is 0. The second-order valence-corrected chi connectivity index (χ2v) is 3.54. The maximum Gasteiger partial charge on any atom is 0.315 e. The normalized spacial score (nSPS) is 14.9. The van der Waals surface area contributed by atoms with Gasteiger partial charge in [-0.2, -0.15) is 0 Å². The summed E-state index contributed by atoms with van der Waals surface area (Å²) in [7, 11) is 0. The van der Waals surface area contributed by atoms with Crippen LogP contribution in [-0.4, -0.2) is 23.0 Å². The topological polar surface area (TPSA) is 69.4 Å². The lowest BCUT2D eigenvalue weighted by atomic mass is 10.0. The van der Waals surface area contributed by atoms with Crippen LogP contribution in [0.2, 0.25) is 0 Å². The van der Waals surface area contributed by atoms with E-state index in [9.17, 15) is 14.9 Å². The van der Waals surface area contributed by atoms with Crippen LogP contribution >= 0.6 is 0 Å². The van der Waals surface area contributed by atoms with Crippen molar-refractivity contribution in [3.8, 4) is 0 Å². The van der Waals surface area contributed by atoms with Crippen molar-refractivity contribution in [1.82, 2.24) is 0 Å². The molecule has 0 fully saturated rings. The maximum atomic E-state index is 11.3. The van der Waals surface area contributed by atoms with Crippen LogP contribution in [0.4, 0.5) is 0 Å². The van der Waals surface area contributed by atoms with E-state index in [0.29, 0.717) is 6.42 Å². The zero-order valence-corrected chi connectivity index (χ0v) is 9.02. The summed E-state index contributed by atoms with van der Waals surface area (Å²) < 4.78 is 4.90. The summed E-state index contributed by atoms with van der Waals surface area (Å²) in [6.45, 7) is 6.66. The number of esters is 1. The van der Waals surface area contributed by atoms with Crippen molar-refractivity contribution in [3.05, 3.63) is 10.1 Å². The molecule has 5 heteroatoms. The number of carbonyl (C=O) groups excluding carboxylic acids is 1. The highest BCUT2D eigenvalue weighted by molar-refractivity contribution is 5.72. The van der Waals surface area contributed by atoms with Gasteiger partial charge in [0.2, 0.25) is 6.04 Å². The van der Waals surface area contributed by atoms with E-state index in [0.717, 1.165) is 0 Å².